The van der Waals surface area contributed by atoms with Gasteiger partial charge in [0.1, 0.15) is 5.69 Å². The highest BCUT2D eigenvalue weighted by molar-refractivity contribution is 5.94. The van der Waals surface area contributed by atoms with Crippen molar-refractivity contribution in [2.24, 2.45) is 0 Å². The van der Waals surface area contributed by atoms with Gasteiger partial charge in [0.25, 0.3) is 0 Å². The Morgan fingerprint density at radius 2 is 1.88 bits per heavy atom. The third-order valence-electron chi connectivity index (χ3n) is 4.45. The van der Waals surface area contributed by atoms with Gasteiger partial charge in [-0.3, -0.25) is 4.90 Å². The van der Waals surface area contributed by atoms with Crippen molar-refractivity contribution in [1.82, 2.24) is 20.3 Å². The molecule has 25 heavy (non-hydrogen) atoms. The third-order valence-corrected chi connectivity index (χ3v) is 4.45. The largest absolute Gasteiger partial charge is 0.329 e. The summed E-state index contributed by atoms with van der Waals surface area (Å²) in [6, 6.07) is 17.5. The number of hydrogen-bond donors (Lipinski definition) is 1. The number of carbonyl (C=O) groups excluding carboxylic acids is 1. The molecule has 1 aliphatic heterocycles. The zero-order chi connectivity index (χ0) is 17.2. The highest BCUT2D eigenvalue weighted by Gasteiger charge is 2.25. The minimum Gasteiger partial charge on any atom is -0.329 e. The second kappa shape index (κ2) is 6.39. The molecule has 1 aliphatic rings. The highest BCUT2D eigenvalue weighted by atomic mass is 16.2. The molecule has 0 aliphatic carbocycles. The van der Waals surface area contributed by atoms with Crippen LogP contribution in [-0.2, 0) is 6.42 Å². The van der Waals surface area contributed by atoms with Crippen LogP contribution in [0.25, 0.3) is 5.69 Å². The molecule has 0 bridgehead atoms. The molecule has 2 amide bonds. The molecule has 2 heterocycles. The molecule has 4 rings (SSSR count). The quantitative estimate of drug-likeness (QED) is 0.801. The van der Waals surface area contributed by atoms with E-state index in [1.807, 2.05) is 61.7 Å². The van der Waals surface area contributed by atoms with Crippen molar-refractivity contribution in [3.8, 4) is 5.69 Å². The maximum atomic E-state index is 12.6. The summed E-state index contributed by atoms with van der Waals surface area (Å²) < 4.78 is 1.71. The van der Waals surface area contributed by atoms with Gasteiger partial charge in [0.05, 0.1) is 17.9 Å². The first-order valence-electron chi connectivity index (χ1n) is 8.36. The molecule has 0 spiro atoms. The number of amides is 2. The third kappa shape index (κ3) is 2.98. The Morgan fingerprint density at radius 3 is 2.72 bits per heavy atom. The lowest BCUT2D eigenvalue weighted by molar-refractivity contribution is 0.243. The molecule has 6 heteroatoms. The highest BCUT2D eigenvalue weighted by Crippen LogP contribution is 2.27. The van der Waals surface area contributed by atoms with Gasteiger partial charge in [-0.1, -0.05) is 41.6 Å². The lowest BCUT2D eigenvalue weighted by atomic mass is 10.2. The fourth-order valence-electron chi connectivity index (χ4n) is 3.07. The van der Waals surface area contributed by atoms with Gasteiger partial charge in [-0.15, -0.1) is 5.10 Å². The SMILES string of the molecule is C[C@H](NC(=O)N1CCc2ccccc21)c1cn(-c2ccccc2)nn1. The van der Waals surface area contributed by atoms with Gasteiger partial charge >= 0.3 is 6.03 Å². The van der Waals surface area contributed by atoms with Crippen LogP contribution in [0.3, 0.4) is 0 Å². The van der Waals surface area contributed by atoms with Crippen molar-refractivity contribution < 1.29 is 4.79 Å². The van der Waals surface area contributed by atoms with Crippen LogP contribution in [0.2, 0.25) is 0 Å². The van der Waals surface area contributed by atoms with Crippen molar-refractivity contribution in [3.05, 3.63) is 72.1 Å². The Hall–Kier alpha value is -3.15. The van der Waals surface area contributed by atoms with Crippen LogP contribution >= 0.6 is 0 Å². The minimum atomic E-state index is -0.224. The van der Waals surface area contributed by atoms with E-state index in [1.165, 1.54) is 5.56 Å². The summed E-state index contributed by atoms with van der Waals surface area (Å²) in [6.45, 7) is 2.62. The summed E-state index contributed by atoms with van der Waals surface area (Å²) >= 11 is 0. The number of rotatable bonds is 3. The van der Waals surface area contributed by atoms with Gasteiger partial charge in [0.2, 0.25) is 0 Å². The molecule has 0 unspecified atom stereocenters. The number of para-hydroxylation sites is 2. The standard InChI is InChI=1S/C19H19N5O/c1-14(17-13-24(22-21-17)16-8-3-2-4-9-16)20-19(25)23-12-11-15-7-5-6-10-18(15)23/h2-10,13-14H,11-12H2,1H3,(H,20,25)/t14-/m0/s1. The topological polar surface area (TPSA) is 63.1 Å². The minimum absolute atomic E-state index is 0.105. The Bertz CT molecular complexity index is 890. The fraction of sp³-hybridized carbons (Fsp3) is 0.211. The zero-order valence-corrected chi connectivity index (χ0v) is 14.0. The average Bonchev–Trinajstić information content (AvgIpc) is 3.30. The Kier molecular flexibility index (Phi) is 3.93. The van der Waals surface area contributed by atoms with Gasteiger partial charge < -0.3 is 5.32 Å². The summed E-state index contributed by atoms with van der Waals surface area (Å²) in [5, 5.41) is 11.4. The summed E-state index contributed by atoms with van der Waals surface area (Å²) in [5.41, 5.74) is 3.86. The Morgan fingerprint density at radius 1 is 1.12 bits per heavy atom. The van der Waals surface area contributed by atoms with Crippen LogP contribution in [0, 0.1) is 0 Å². The van der Waals surface area contributed by atoms with Gasteiger partial charge in [-0.25, -0.2) is 9.48 Å². The molecular weight excluding hydrogens is 314 g/mol. The number of urea groups is 1. The van der Waals surface area contributed by atoms with Crippen LogP contribution in [0.4, 0.5) is 10.5 Å². The molecule has 1 N–H and O–H groups in total. The summed E-state index contributed by atoms with van der Waals surface area (Å²) in [6.07, 6.45) is 2.74. The van der Waals surface area contributed by atoms with E-state index >= 15 is 0 Å². The molecule has 0 saturated heterocycles. The predicted octanol–water partition coefficient (Wildman–Crippen LogP) is 3.10. The van der Waals surface area contributed by atoms with E-state index in [1.54, 1.807) is 9.58 Å². The van der Waals surface area contributed by atoms with Crippen molar-refractivity contribution in [1.29, 1.82) is 0 Å². The summed E-state index contributed by atoms with van der Waals surface area (Å²) in [5.74, 6) is 0. The van der Waals surface area contributed by atoms with Crippen molar-refractivity contribution in [3.63, 3.8) is 0 Å². The van der Waals surface area contributed by atoms with Gasteiger partial charge in [-0.2, -0.15) is 0 Å². The molecule has 6 nitrogen and oxygen atoms in total. The second-order valence-electron chi connectivity index (χ2n) is 6.13. The number of aromatic nitrogens is 3. The van der Waals surface area contributed by atoms with Gasteiger partial charge in [0, 0.05) is 12.2 Å². The average molecular weight is 333 g/mol. The van der Waals surface area contributed by atoms with Crippen LogP contribution < -0.4 is 10.2 Å². The fourth-order valence-corrected chi connectivity index (χ4v) is 3.07. The summed E-state index contributed by atoms with van der Waals surface area (Å²) in [4.78, 5) is 14.4. The maximum Gasteiger partial charge on any atom is 0.322 e. The van der Waals surface area contributed by atoms with E-state index in [2.05, 4.69) is 21.7 Å². The van der Waals surface area contributed by atoms with Crippen LogP contribution in [0.15, 0.2) is 60.8 Å². The van der Waals surface area contributed by atoms with E-state index in [4.69, 9.17) is 0 Å². The van der Waals surface area contributed by atoms with E-state index in [0.717, 1.165) is 23.5 Å². The molecule has 1 aromatic heterocycles. The zero-order valence-electron chi connectivity index (χ0n) is 14.0. The first-order valence-corrected chi connectivity index (χ1v) is 8.36. The van der Waals surface area contributed by atoms with Crippen molar-refractivity contribution in [2.45, 2.75) is 19.4 Å². The van der Waals surface area contributed by atoms with Gasteiger partial charge in [-0.05, 0) is 37.1 Å². The molecule has 0 radical (unpaired) electrons. The second-order valence-corrected chi connectivity index (χ2v) is 6.13. The first kappa shape index (κ1) is 15.4. The number of hydrogen-bond acceptors (Lipinski definition) is 3. The monoisotopic (exact) mass is 333 g/mol. The number of nitrogens with one attached hydrogen (secondary N) is 1. The molecule has 3 aromatic rings. The number of anilines is 1. The molecule has 126 valence electrons. The van der Waals surface area contributed by atoms with Crippen LogP contribution in [0.5, 0.6) is 0 Å². The van der Waals surface area contributed by atoms with E-state index < -0.39 is 0 Å². The number of fused-ring (bicyclic) bond motifs is 1. The molecule has 2 aromatic carbocycles. The van der Waals surface area contributed by atoms with Crippen molar-refractivity contribution in [2.75, 3.05) is 11.4 Å². The number of benzene rings is 2. The molecule has 0 saturated carbocycles. The Labute approximate surface area is 146 Å². The number of carbonyl (C=O) groups is 1. The van der Waals surface area contributed by atoms with E-state index in [0.29, 0.717) is 6.54 Å². The van der Waals surface area contributed by atoms with E-state index in [-0.39, 0.29) is 12.1 Å². The molecular formula is C19H19N5O. The lowest BCUT2D eigenvalue weighted by Crippen LogP contribution is -2.40. The smallest absolute Gasteiger partial charge is 0.322 e. The van der Waals surface area contributed by atoms with Crippen LogP contribution in [0.1, 0.15) is 24.2 Å². The van der Waals surface area contributed by atoms with Gasteiger partial charge in [0.15, 0.2) is 0 Å². The lowest BCUT2D eigenvalue weighted by Gasteiger charge is -2.20. The van der Waals surface area contributed by atoms with Crippen LogP contribution in [-0.4, -0.2) is 27.6 Å². The van der Waals surface area contributed by atoms with E-state index in [9.17, 15) is 4.79 Å². The molecule has 1 atom stereocenters. The molecule has 0 fully saturated rings. The van der Waals surface area contributed by atoms with Crippen molar-refractivity contribution >= 4 is 11.7 Å². The predicted molar refractivity (Wildman–Crippen MR) is 95.8 cm³/mol. The summed E-state index contributed by atoms with van der Waals surface area (Å²) in [7, 11) is 0. The first-order chi connectivity index (χ1) is 12.2. The number of nitrogens with zero attached hydrogens (tertiary/aromatic N) is 4. The maximum absolute atomic E-state index is 12.6. The normalized spacial score (nSPS) is 14.2. The Balaban J connectivity index is 1.47.